The Morgan fingerprint density at radius 3 is 2.44 bits per heavy atom. The fourth-order valence-corrected chi connectivity index (χ4v) is 5.96. The molecule has 1 unspecified atom stereocenters. The summed E-state index contributed by atoms with van der Waals surface area (Å²) in [7, 11) is 0. The molecule has 0 radical (unpaired) electrons. The molecule has 1 N–H and O–H groups in total. The number of Topliss-reactive ketones (excluding diaryl/α,β-unsaturated/α-hetero) is 1. The van der Waals surface area contributed by atoms with Gasteiger partial charge in [0.2, 0.25) is 0 Å². The monoisotopic (exact) mass is 347 g/mol. The molecular weight excluding hydrogens is 326 g/mol. The number of thioether (sulfide) groups is 1. The van der Waals surface area contributed by atoms with Gasteiger partial charge in [0, 0.05) is 26.8 Å². The first-order valence-electron chi connectivity index (χ1n) is 9.24. The third-order valence-electron chi connectivity index (χ3n) is 5.72. The number of carbonyl (C=O) groups excluding carboxylic acids is 1. The molecule has 2 aliphatic carbocycles. The lowest BCUT2D eigenvalue weighted by atomic mass is 9.83. The molecule has 2 aromatic rings. The highest BCUT2D eigenvalue weighted by Gasteiger charge is 2.40. The van der Waals surface area contributed by atoms with Gasteiger partial charge in [-0.25, -0.2) is 0 Å². The van der Waals surface area contributed by atoms with E-state index in [4.69, 9.17) is 0 Å². The van der Waals surface area contributed by atoms with E-state index in [2.05, 4.69) is 35.6 Å². The quantitative estimate of drug-likeness (QED) is 0.711. The third-order valence-corrected chi connectivity index (χ3v) is 7.20. The zero-order chi connectivity index (χ0) is 16.8. The lowest BCUT2D eigenvalue weighted by Gasteiger charge is -2.30. The summed E-state index contributed by atoms with van der Waals surface area (Å²) in [6.45, 7) is 0. The number of para-hydroxylation sites is 1. The third kappa shape index (κ3) is 2.44. The molecule has 3 heteroatoms. The molecule has 1 atom stereocenters. The van der Waals surface area contributed by atoms with Crippen molar-refractivity contribution in [3.05, 3.63) is 65.2 Å². The van der Waals surface area contributed by atoms with Gasteiger partial charge in [0.15, 0.2) is 5.78 Å². The van der Waals surface area contributed by atoms with E-state index < -0.39 is 0 Å². The maximum absolute atomic E-state index is 13.3. The number of anilines is 1. The van der Waals surface area contributed by atoms with Crippen LogP contribution in [0.25, 0.3) is 5.70 Å². The van der Waals surface area contributed by atoms with Gasteiger partial charge in [0.05, 0.1) is 11.4 Å². The van der Waals surface area contributed by atoms with Crippen LogP contribution in [0.3, 0.4) is 0 Å². The standard InChI is InChI=1S/C22H21NOS/c24-21-16-11-5-4-10-15(16)20-19(21)22(14-8-2-1-3-9-14)25-18-13-7-6-12-17(18)23-20/h4-7,10-14,22-23H,1-3,8-9H2. The van der Waals surface area contributed by atoms with Crippen LogP contribution in [0.2, 0.25) is 0 Å². The Hall–Kier alpha value is -2.00. The highest BCUT2D eigenvalue weighted by atomic mass is 32.2. The number of fused-ring (bicyclic) bond motifs is 3. The summed E-state index contributed by atoms with van der Waals surface area (Å²) >= 11 is 1.89. The Kier molecular flexibility index (Phi) is 3.70. The van der Waals surface area contributed by atoms with Crippen LogP contribution in [-0.2, 0) is 0 Å². The lowest BCUT2D eigenvalue weighted by Crippen LogP contribution is -2.25. The van der Waals surface area contributed by atoms with E-state index in [-0.39, 0.29) is 11.0 Å². The molecule has 1 saturated carbocycles. The zero-order valence-electron chi connectivity index (χ0n) is 14.1. The van der Waals surface area contributed by atoms with Crippen molar-refractivity contribution < 1.29 is 4.79 Å². The predicted molar refractivity (Wildman–Crippen MR) is 104 cm³/mol. The van der Waals surface area contributed by atoms with Gasteiger partial charge >= 0.3 is 0 Å². The van der Waals surface area contributed by atoms with Gasteiger partial charge in [-0.1, -0.05) is 55.7 Å². The SMILES string of the molecule is O=C1C2=C(Nc3ccccc3SC2C2CCCCC2)c2ccccc21. The summed E-state index contributed by atoms with van der Waals surface area (Å²) < 4.78 is 0. The Morgan fingerprint density at radius 1 is 0.880 bits per heavy atom. The summed E-state index contributed by atoms with van der Waals surface area (Å²) in [5.41, 5.74) is 5.12. The van der Waals surface area contributed by atoms with E-state index in [1.165, 1.54) is 37.0 Å². The maximum atomic E-state index is 13.3. The molecule has 25 heavy (non-hydrogen) atoms. The van der Waals surface area contributed by atoms with Crippen molar-refractivity contribution in [2.45, 2.75) is 42.2 Å². The summed E-state index contributed by atoms with van der Waals surface area (Å²) in [5.74, 6) is 0.823. The van der Waals surface area contributed by atoms with Gasteiger partial charge < -0.3 is 5.32 Å². The maximum Gasteiger partial charge on any atom is 0.192 e. The predicted octanol–water partition coefficient (Wildman–Crippen LogP) is 5.76. The van der Waals surface area contributed by atoms with Crippen LogP contribution >= 0.6 is 11.8 Å². The highest BCUT2D eigenvalue weighted by Crippen LogP contribution is 2.50. The van der Waals surface area contributed by atoms with E-state index in [1.807, 2.05) is 30.0 Å². The van der Waals surface area contributed by atoms with Gasteiger partial charge in [0.25, 0.3) is 0 Å². The molecule has 1 aliphatic heterocycles. The van der Waals surface area contributed by atoms with Crippen molar-refractivity contribution in [2.24, 2.45) is 5.92 Å². The number of benzene rings is 2. The summed E-state index contributed by atoms with van der Waals surface area (Å²) in [5, 5.41) is 3.87. The average Bonchev–Trinajstić information content (AvgIpc) is 2.84. The number of hydrogen-bond donors (Lipinski definition) is 1. The van der Waals surface area contributed by atoms with Crippen LogP contribution in [0.5, 0.6) is 0 Å². The fraction of sp³-hybridized carbons (Fsp3) is 0.318. The Bertz CT molecular complexity index is 879. The van der Waals surface area contributed by atoms with E-state index >= 15 is 0 Å². The first-order chi connectivity index (χ1) is 12.3. The minimum atomic E-state index is 0.231. The zero-order valence-corrected chi connectivity index (χ0v) is 14.9. The average molecular weight is 347 g/mol. The molecule has 3 aliphatic rings. The summed E-state index contributed by atoms with van der Waals surface area (Å²) in [4.78, 5) is 14.5. The molecule has 0 aromatic heterocycles. The number of carbonyl (C=O) groups is 1. The topological polar surface area (TPSA) is 29.1 Å². The normalized spacial score (nSPS) is 22.7. The largest absolute Gasteiger partial charge is 0.354 e. The van der Waals surface area contributed by atoms with E-state index in [1.54, 1.807) is 0 Å². The molecule has 0 saturated heterocycles. The first kappa shape index (κ1) is 15.3. The molecular formula is C22H21NOS. The molecule has 126 valence electrons. The van der Waals surface area contributed by atoms with Crippen molar-refractivity contribution in [1.29, 1.82) is 0 Å². The smallest absolute Gasteiger partial charge is 0.192 e. The second kappa shape index (κ2) is 6.06. The lowest BCUT2D eigenvalue weighted by molar-refractivity contribution is 0.103. The summed E-state index contributed by atoms with van der Waals surface area (Å²) in [6, 6.07) is 16.5. The van der Waals surface area contributed by atoms with Crippen molar-refractivity contribution in [3.63, 3.8) is 0 Å². The molecule has 5 rings (SSSR count). The Labute approximate surface area is 152 Å². The van der Waals surface area contributed by atoms with Crippen molar-refractivity contribution in [1.82, 2.24) is 0 Å². The molecule has 0 bridgehead atoms. The molecule has 0 spiro atoms. The van der Waals surface area contributed by atoms with Gasteiger partial charge in [-0.15, -0.1) is 11.8 Å². The number of ketones is 1. The molecule has 0 amide bonds. The second-order valence-corrected chi connectivity index (χ2v) is 8.40. The van der Waals surface area contributed by atoms with E-state index in [9.17, 15) is 4.79 Å². The van der Waals surface area contributed by atoms with Gasteiger partial charge in [-0.3, -0.25) is 4.79 Å². The summed E-state index contributed by atoms with van der Waals surface area (Å²) in [6.07, 6.45) is 6.39. The molecule has 1 heterocycles. The molecule has 2 nitrogen and oxygen atoms in total. The van der Waals surface area contributed by atoms with E-state index in [0.29, 0.717) is 5.92 Å². The number of nitrogens with one attached hydrogen (secondary N) is 1. The Morgan fingerprint density at radius 2 is 1.60 bits per heavy atom. The number of rotatable bonds is 1. The van der Waals surface area contributed by atoms with Gasteiger partial charge in [-0.2, -0.15) is 0 Å². The van der Waals surface area contributed by atoms with Crippen LogP contribution < -0.4 is 5.32 Å². The van der Waals surface area contributed by atoms with Crippen molar-refractivity contribution >= 4 is 28.9 Å². The van der Waals surface area contributed by atoms with Crippen LogP contribution in [0.15, 0.2) is 59.0 Å². The highest BCUT2D eigenvalue weighted by molar-refractivity contribution is 8.00. The van der Waals surface area contributed by atoms with Crippen LogP contribution in [0.4, 0.5) is 5.69 Å². The fourth-order valence-electron chi connectivity index (χ4n) is 4.48. The van der Waals surface area contributed by atoms with Crippen LogP contribution in [0, 0.1) is 5.92 Å². The van der Waals surface area contributed by atoms with Gasteiger partial charge in [-0.05, 0) is 30.9 Å². The van der Waals surface area contributed by atoms with Crippen molar-refractivity contribution in [2.75, 3.05) is 5.32 Å². The number of hydrogen-bond acceptors (Lipinski definition) is 3. The molecule has 2 aromatic carbocycles. The Balaban J connectivity index is 1.67. The van der Waals surface area contributed by atoms with Crippen LogP contribution in [-0.4, -0.2) is 11.0 Å². The van der Waals surface area contributed by atoms with Crippen LogP contribution in [0.1, 0.15) is 48.0 Å². The minimum absolute atomic E-state index is 0.231. The van der Waals surface area contributed by atoms with Crippen molar-refractivity contribution in [3.8, 4) is 0 Å². The van der Waals surface area contributed by atoms with E-state index in [0.717, 1.165) is 28.1 Å². The molecule has 1 fully saturated rings. The second-order valence-electron chi connectivity index (χ2n) is 7.22. The minimum Gasteiger partial charge on any atom is -0.354 e. The van der Waals surface area contributed by atoms with Gasteiger partial charge in [0.1, 0.15) is 0 Å². The first-order valence-corrected chi connectivity index (χ1v) is 10.1.